The predicted molar refractivity (Wildman–Crippen MR) is 84.8 cm³/mol. The number of nitrogens with one attached hydrogen (secondary N) is 1. The minimum atomic E-state index is 0.333. The minimum Gasteiger partial charge on any atom is -0.493 e. The van der Waals surface area contributed by atoms with Crippen molar-refractivity contribution in [3.8, 4) is 11.5 Å². The van der Waals surface area contributed by atoms with Crippen molar-refractivity contribution in [2.24, 2.45) is 5.10 Å². The monoisotopic (exact) mass is 297 g/mol. The van der Waals surface area contributed by atoms with Crippen LogP contribution in [0.5, 0.6) is 11.5 Å². The Labute approximate surface area is 127 Å². The van der Waals surface area contributed by atoms with E-state index in [0.29, 0.717) is 23.1 Å². The molecule has 0 atom stereocenters. The van der Waals surface area contributed by atoms with Crippen LogP contribution in [0.25, 0.3) is 11.1 Å². The van der Waals surface area contributed by atoms with Crippen molar-refractivity contribution in [3.63, 3.8) is 0 Å². The van der Waals surface area contributed by atoms with Gasteiger partial charge in [0.05, 0.1) is 20.4 Å². The number of benzene rings is 2. The Kier molecular flexibility index (Phi) is 3.91. The van der Waals surface area contributed by atoms with Crippen LogP contribution in [0.4, 0.5) is 6.01 Å². The number of methoxy groups -OCH3 is 2. The van der Waals surface area contributed by atoms with Gasteiger partial charge in [0, 0.05) is 5.56 Å². The summed E-state index contributed by atoms with van der Waals surface area (Å²) in [6.07, 6.45) is 1.62. The fourth-order valence-electron chi connectivity index (χ4n) is 2.09. The van der Waals surface area contributed by atoms with Gasteiger partial charge in [0.1, 0.15) is 5.52 Å². The Morgan fingerprint density at radius 3 is 2.73 bits per heavy atom. The first-order valence-electron chi connectivity index (χ1n) is 6.67. The van der Waals surface area contributed by atoms with Gasteiger partial charge < -0.3 is 13.9 Å². The molecule has 1 heterocycles. The average Bonchev–Trinajstić information content (AvgIpc) is 2.97. The minimum absolute atomic E-state index is 0.333. The van der Waals surface area contributed by atoms with E-state index in [1.54, 1.807) is 20.4 Å². The lowest BCUT2D eigenvalue weighted by molar-refractivity contribution is 0.354. The molecular formula is C16H15N3O3. The van der Waals surface area contributed by atoms with Gasteiger partial charge >= 0.3 is 6.01 Å². The smallest absolute Gasteiger partial charge is 0.316 e. The molecule has 2 aromatic carbocycles. The second-order valence-corrected chi connectivity index (χ2v) is 4.44. The van der Waals surface area contributed by atoms with Gasteiger partial charge in [-0.25, -0.2) is 5.43 Å². The number of rotatable bonds is 5. The van der Waals surface area contributed by atoms with Gasteiger partial charge in [0.2, 0.25) is 0 Å². The van der Waals surface area contributed by atoms with Gasteiger partial charge in [-0.2, -0.15) is 10.1 Å². The van der Waals surface area contributed by atoms with Gasteiger partial charge in [0.25, 0.3) is 0 Å². The standard InChI is InChI=1S/C16H15N3O3/c1-20-14-9-5-6-11(15(14)21-2)10-17-19-16-18-12-7-3-4-8-13(12)22-16/h3-10H,1-2H3,(H,18,19)/b17-10+. The highest BCUT2D eigenvalue weighted by atomic mass is 16.5. The lowest BCUT2D eigenvalue weighted by Gasteiger charge is -2.09. The van der Waals surface area contributed by atoms with Gasteiger partial charge in [-0.15, -0.1) is 0 Å². The molecule has 0 aliphatic heterocycles. The molecule has 0 fully saturated rings. The second kappa shape index (κ2) is 6.17. The molecule has 0 saturated heterocycles. The van der Waals surface area contributed by atoms with Crippen molar-refractivity contribution < 1.29 is 13.9 Å². The van der Waals surface area contributed by atoms with Crippen molar-refractivity contribution in [1.82, 2.24) is 4.98 Å². The third-order valence-electron chi connectivity index (χ3n) is 3.09. The molecule has 1 aromatic heterocycles. The zero-order chi connectivity index (χ0) is 15.4. The van der Waals surface area contributed by atoms with E-state index in [1.807, 2.05) is 42.5 Å². The van der Waals surface area contributed by atoms with Crippen molar-refractivity contribution in [3.05, 3.63) is 48.0 Å². The third kappa shape index (κ3) is 2.71. The first kappa shape index (κ1) is 13.9. The van der Waals surface area contributed by atoms with Crippen molar-refractivity contribution in [2.75, 3.05) is 19.6 Å². The Morgan fingerprint density at radius 2 is 1.95 bits per heavy atom. The Morgan fingerprint density at radius 1 is 1.09 bits per heavy atom. The molecule has 0 saturated carbocycles. The molecule has 6 nitrogen and oxygen atoms in total. The highest BCUT2D eigenvalue weighted by molar-refractivity contribution is 5.85. The number of para-hydroxylation sites is 3. The fraction of sp³-hybridized carbons (Fsp3) is 0.125. The molecular weight excluding hydrogens is 282 g/mol. The maximum atomic E-state index is 5.52. The first-order chi connectivity index (χ1) is 10.8. The number of anilines is 1. The topological polar surface area (TPSA) is 68.9 Å². The number of hydrogen-bond acceptors (Lipinski definition) is 6. The molecule has 22 heavy (non-hydrogen) atoms. The summed E-state index contributed by atoms with van der Waals surface area (Å²) in [4.78, 5) is 4.27. The number of hydrogen-bond donors (Lipinski definition) is 1. The van der Waals surface area contributed by atoms with Crippen molar-refractivity contribution in [2.45, 2.75) is 0 Å². The molecule has 1 N–H and O–H groups in total. The molecule has 112 valence electrons. The van der Waals surface area contributed by atoms with Gasteiger partial charge in [0.15, 0.2) is 17.1 Å². The second-order valence-electron chi connectivity index (χ2n) is 4.44. The number of aromatic nitrogens is 1. The number of ether oxygens (including phenoxy) is 2. The molecule has 0 radical (unpaired) electrons. The summed E-state index contributed by atoms with van der Waals surface area (Å²) in [7, 11) is 3.18. The van der Waals surface area contributed by atoms with Crippen LogP contribution in [0.3, 0.4) is 0 Å². The maximum Gasteiger partial charge on any atom is 0.316 e. The lowest BCUT2D eigenvalue weighted by atomic mass is 10.2. The van der Waals surface area contributed by atoms with Crippen LogP contribution in [-0.2, 0) is 0 Å². The van der Waals surface area contributed by atoms with E-state index in [2.05, 4.69) is 15.5 Å². The maximum absolute atomic E-state index is 5.52. The zero-order valence-corrected chi connectivity index (χ0v) is 12.2. The normalized spacial score (nSPS) is 11.0. The van der Waals surface area contributed by atoms with E-state index in [0.717, 1.165) is 11.1 Å². The van der Waals surface area contributed by atoms with Crippen LogP contribution < -0.4 is 14.9 Å². The van der Waals surface area contributed by atoms with E-state index in [4.69, 9.17) is 13.9 Å². The summed E-state index contributed by atoms with van der Waals surface area (Å²) in [6.45, 7) is 0. The van der Waals surface area contributed by atoms with Gasteiger partial charge in [-0.05, 0) is 24.3 Å². The molecule has 0 amide bonds. The Balaban J connectivity index is 1.80. The summed E-state index contributed by atoms with van der Waals surface area (Å²) < 4.78 is 16.1. The van der Waals surface area contributed by atoms with Crippen LogP contribution in [-0.4, -0.2) is 25.4 Å². The van der Waals surface area contributed by atoms with Crippen LogP contribution in [0.15, 0.2) is 52.0 Å². The Hall–Kier alpha value is -3.02. The largest absolute Gasteiger partial charge is 0.493 e. The summed E-state index contributed by atoms with van der Waals surface area (Å²) in [6, 6.07) is 13.4. The molecule has 3 rings (SSSR count). The molecule has 6 heteroatoms. The number of nitrogens with zero attached hydrogens (tertiary/aromatic N) is 2. The van der Waals surface area contributed by atoms with E-state index >= 15 is 0 Å². The van der Waals surface area contributed by atoms with Crippen LogP contribution in [0.1, 0.15) is 5.56 Å². The molecule has 3 aromatic rings. The number of oxazole rings is 1. The van der Waals surface area contributed by atoms with E-state index in [1.165, 1.54) is 0 Å². The van der Waals surface area contributed by atoms with Crippen molar-refractivity contribution in [1.29, 1.82) is 0 Å². The molecule has 0 spiro atoms. The summed E-state index contributed by atoms with van der Waals surface area (Å²) >= 11 is 0. The predicted octanol–water partition coefficient (Wildman–Crippen LogP) is 3.29. The number of hydrazone groups is 1. The quantitative estimate of drug-likeness (QED) is 0.578. The van der Waals surface area contributed by atoms with Crippen LogP contribution in [0, 0.1) is 0 Å². The summed E-state index contributed by atoms with van der Waals surface area (Å²) in [5, 5.41) is 4.12. The van der Waals surface area contributed by atoms with Gasteiger partial charge in [-0.1, -0.05) is 18.2 Å². The first-order valence-corrected chi connectivity index (χ1v) is 6.67. The highest BCUT2D eigenvalue weighted by Crippen LogP contribution is 2.29. The Bertz CT molecular complexity index is 778. The lowest BCUT2D eigenvalue weighted by Crippen LogP contribution is -1.96. The summed E-state index contributed by atoms with van der Waals surface area (Å²) in [5.41, 5.74) is 5.03. The molecule has 0 bridgehead atoms. The zero-order valence-electron chi connectivity index (χ0n) is 12.2. The van der Waals surface area contributed by atoms with E-state index < -0.39 is 0 Å². The van der Waals surface area contributed by atoms with Gasteiger partial charge in [-0.3, -0.25) is 0 Å². The molecule has 0 unspecified atom stereocenters. The average molecular weight is 297 g/mol. The van der Waals surface area contributed by atoms with Crippen molar-refractivity contribution >= 4 is 23.3 Å². The highest BCUT2D eigenvalue weighted by Gasteiger charge is 2.07. The van der Waals surface area contributed by atoms with Crippen LogP contribution >= 0.6 is 0 Å². The van der Waals surface area contributed by atoms with E-state index in [9.17, 15) is 0 Å². The number of fused-ring (bicyclic) bond motifs is 1. The SMILES string of the molecule is COc1cccc(/C=N/Nc2nc3ccccc3o2)c1OC. The fourth-order valence-corrected chi connectivity index (χ4v) is 2.09. The van der Waals surface area contributed by atoms with E-state index in [-0.39, 0.29) is 0 Å². The molecule has 0 aliphatic rings. The molecule has 0 aliphatic carbocycles. The van der Waals surface area contributed by atoms with Crippen LogP contribution in [0.2, 0.25) is 0 Å². The third-order valence-corrected chi connectivity index (χ3v) is 3.09. The summed E-state index contributed by atoms with van der Waals surface area (Å²) in [5.74, 6) is 1.27.